The second-order valence-corrected chi connectivity index (χ2v) is 12.6. The first-order chi connectivity index (χ1) is 20.5. The van der Waals surface area contributed by atoms with Gasteiger partial charge in [0.1, 0.15) is 22.8 Å². The molecule has 6 nitrogen and oxygen atoms in total. The number of halogens is 3. The molecule has 2 N–H and O–H groups in total. The Balaban J connectivity index is 1.37. The van der Waals surface area contributed by atoms with Crippen molar-refractivity contribution in [3.8, 4) is 17.0 Å². The molecule has 2 aromatic heterocycles. The van der Waals surface area contributed by atoms with E-state index in [1.165, 1.54) is 24.3 Å². The second kappa shape index (κ2) is 11.3. The highest BCUT2D eigenvalue weighted by Crippen LogP contribution is 2.44. The lowest BCUT2D eigenvalue weighted by atomic mass is 9.81. The maximum atomic E-state index is 15.9. The third-order valence-electron chi connectivity index (χ3n) is 8.35. The van der Waals surface area contributed by atoms with E-state index >= 15 is 4.39 Å². The summed E-state index contributed by atoms with van der Waals surface area (Å²) in [6.45, 7) is 5.48. The van der Waals surface area contributed by atoms with Gasteiger partial charge in [-0.2, -0.15) is 0 Å². The molecule has 0 bridgehead atoms. The number of aromatic nitrogens is 2. The number of aliphatic imine (C=N–C) groups is 1. The number of fused-ring (bicyclic) bond motifs is 1. The van der Waals surface area contributed by atoms with Crippen molar-refractivity contribution < 1.29 is 18.3 Å². The number of aryl methyl sites for hydroxylation is 1. The Labute approximate surface area is 254 Å². The minimum atomic E-state index is -1.29. The molecule has 0 radical (unpaired) electrons. The fraction of sp³-hybridized carbons (Fsp3) is 0.353. The SMILES string of the molecule is Cc1nc2c(OC3CC3)cc(C=NCC(c3cc(C(C)(C)C(N)=O)c(F)c(-c4ccc(F)cc4)n3)C3CC3)cc2cc1Cl. The Morgan fingerprint density at radius 3 is 2.49 bits per heavy atom. The van der Waals surface area contributed by atoms with Gasteiger partial charge in [-0.05, 0) is 106 Å². The van der Waals surface area contributed by atoms with E-state index < -0.39 is 23.0 Å². The van der Waals surface area contributed by atoms with Gasteiger partial charge >= 0.3 is 0 Å². The minimum Gasteiger partial charge on any atom is -0.488 e. The summed E-state index contributed by atoms with van der Waals surface area (Å²) in [5, 5.41) is 1.46. The number of hydrogen-bond acceptors (Lipinski definition) is 5. The third kappa shape index (κ3) is 6.11. The summed E-state index contributed by atoms with van der Waals surface area (Å²) in [7, 11) is 0. The number of benzene rings is 2. The average Bonchev–Trinajstić information content (AvgIpc) is 3.89. The molecule has 2 aromatic carbocycles. The van der Waals surface area contributed by atoms with Crippen molar-refractivity contribution in [1.29, 1.82) is 0 Å². The highest BCUT2D eigenvalue weighted by Gasteiger charge is 2.37. The molecular weight excluding hydrogens is 570 g/mol. The van der Waals surface area contributed by atoms with E-state index in [1.54, 1.807) is 26.1 Å². The summed E-state index contributed by atoms with van der Waals surface area (Å²) in [5.41, 5.74) is 8.07. The summed E-state index contributed by atoms with van der Waals surface area (Å²) < 4.78 is 35.8. The fourth-order valence-corrected chi connectivity index (χ4v) is 5.41. The van der Waals surface area contributed by atoms with Gasteiger partial charge in [0, 0.05) is 40.9 Å². The van der Waals surface area contributed by atoms with E-state index in [2.05, 4.69) is 4.98 Å². The van der Waals surface area contributed by atoms with Crippen LogP contribution in [-0.2, 0) is 10.2 Å². The molecule has 1 amide bonds. The number of carbonyl (C=O) groups is 1. The van der Waals surface area contributed by atoms with Crippen molar-refractivity contribution in [2.75, 3.05) is 6.54 Å². The monoisotopic (exact) mass is 602 g/mol. The number of ether oxygens (including phenoxy) is 1. The van der Waals surface area contributed by atoms with E-state index in [1.807, 2.05) is 25.1 Å². The molecule has 222 valence electrons. The molecular formula is C34H33ClF2N4O2. The molecule has 2 aliphatic carbocycles. The molecule has 1 unspecified atom stereocenters. The van der Waals surface area contributed by atoms with Crippen LogP contribution in [0.4, 0.5) is 8.78 Å². The standard InChI is InChI=1S/C34H33ClF2N4O2/c1-18-27(35)14-22-12-19(13-29(31(22)40-18)43-24-10-11-24)16-39-17-25(20-4-5-20)28-15-26(34(2,3)33(38)42)30(37)32(41-28)21-6-8-23(36)9-7-21/h6-9,12-16,20,24-25H,4-5,10-11,17H2,1-3H3,(H2,38,42). The van der Waals surface area contributed by atoms with Crippen LogP contribution in [0.15, 0.2) is 53.5 Å². The van der Waals surface area contributed by atoms with E-state index in [0.29, 0.717) is 34.5 Å². The number of primary amides is 1. The van der Waals surface area contributed by atoms with Crippen LogP contribution in [0.5, 0.6) is 5.75 Å². The predicted molar refractivity (Wildman–Crippen MR) is 165 cm³/mol. The van der Waals surface area contributed by atoms with Gasteiger partial charge in [-0.3, -0.25) is 9.79 Å². The quantitative estimate of drug-likeness (QED) is 0.191. The molecule has 1 atom stereocenters. The first-order valence-electron chi connectivity index (χ1n) is 14.6. The zero-order valence-electron chi connectivity index (χ0n) is 24.3. The van der Waals surface area contributed by atoms with Gasteiger partial charge in [0.25, 0.3) is 0 Å². The van der Waals surface area contributed by atoms with Crippen LogP contribution in [0.3, 0.4) is 0 Å². The highest BCUT2D eigenvalue weighted by molar-refractivity contribution is 6.31. The summed E-state index contributed by atoms with van der Waals surface area (Å²) >= 11 is 6.39. The van der Waals surface area contributed by atoms with Crippen LogP contribution < -0.4 is 10.5 Å². The van der Waals surface area contributed by atoms with E-state index in [0.717, 1.165) is 47.8 Å². The number of pyridine rings is 2. The number of amides is 1. The topological polar surface area (TPSA) is 90.5 Å². The number of nitrogens with two attached hydrogens (primary N) is 1. The number of carbonyl (C=O) groups excluding carboxylic acids is 1. The summed E-state index contributed by atoms with van der Waals surface area (Å²) in [6, 6.07) is 13.0. The second-order valence-electron chi connectivity index (χ2n) is 12.2. The molecule has 43 heavy (non-hydrogen) atoms. The van der Waals surface area contributed by atoms with E-state index in [-0.39, 0.29) is 23.3 Å². The molecule has 6 rings (SSSR count). The van der Waals surface area contributed by atoms with Crippen LogP contribution in [0.25, 0.3) is 22.2 Å². The lowest BCUT2D eigenvalue weighted by Gasteiger charge is -2.25. The summed E-state index contributed by atoms with van der Waals surface area (Å²) in [4.78, 5) is 26.6. The Morgan fingerprint density at radius 2 is 1.84 bits per heavy atom. The molecule has 4 aromatic rings. The van der Waals surface area contributed by atoms with Crippen LogP contribution >= 0.6 is 11.6 Å². The maximum Gasteiger partial charge on any atom is 0.227 e. The molecule has 2 heterocycles. The Hall–Kier alpha value is -3.91. The molecule has 2 saturated carbocycles. The Morgan fingerprint density at radius 1 is 1.12 bits per heavy atom. The molecule has 2 aliphatic rings. The molecule has 9 heteroatoms. The first-order valence-corrected chi connectivity index (χ1v) is 14.9. The van der Waals surface area contributed by atoms with Crippen LogP contribution in [0.2, 0.25) is 5.02 Å². The van der Waals surface area contributed by atoms with Gasteiger partial charge < -0.3 is 10.5 Å². The lowest BCUT2D eigenvalue weighted by Crippen LogP contribution is -2.36. The van der Waals surface area contributed by atoms with Gasteiger partial charge in [0.05, 0.1) is 22.2 Å². The van der Waals surface area contributed by atoms with Gasteiger partial charge in [0.15, 0.2) is 5.82 Å². The molecule has 2 fully saturated rings. The van der Waals surface area contributed by atoms with Crippen LogP contribution in [-0.4, -0.2) is 34.7 Å². The number of rotatable bonds is 10. The van der Waals surface area contributed by atoms with Crippen molar-refractivity contribution in [2.24, 2.45) is 16.6 Å². The number of nitrogens with zero attached hydrogens (tertiary/aromatic N) is 3. The van der Waals surface area contributed by atoms with Gasteiger partial charge in [-0.15, -0.1) is 0 Å². The lowest BCUT2D eigenvalue weighted by molar-refractivity contribution is -0.122. The summed E-state index contributed by atoms with van der Waals surface area (Å²) in [5.74, 6) is -0.811. The summed E-state index contributed by atoms with van der Waals surface area (Å²) in [6.07, 6.45) is 6.05. The van der Waals surface area contributed by atoms with Crippen molar-refractivity contribution in [2.45, 2.75) is 63.9 Å². The fourth-order valence-electron chi connectivity index (χ4n) is 5.25. The van der Waals surface area contributed by atoms with E-state index in [4.69, 9.17) is 32.0 Å². The molecule has 0 aliphatic heterocycles. The molecule has 0 spiro atoms. The zero-order valence-corrected chi connectivity index (χ0v) is 25.1. The Bertz CT molecular complexity index is 1750. The van der Waals surface area contributed by atoms with Gasteiger partial charge in [-0.1, -0.05) is 11.6 Å². The minimum absolute atomic E-state index is 0.0625. The van der Waals surface area contributed by atoms with Gasteiger partial charge in [0.2, 0.25) is 5.91 Å². The largest absolute Gasteiger partial charge is 0.488 e. The normalized spacial score (nSPS) is 16.1. The smallest absolute Gasteiger partial charge is 0.227 e. The zero-order chi connectivity index (χ0) is 30.5. The first kappa shape index (κ1) is 29.2. The van der Waals surface area contributed by atoms with Gasteiger partial charge in [-0.25, -0.2) is 18.7 Å². The van der Waals surface area contributed by atoms with Crippen LogP contribution in [0.1, 0.15) is 68.0 Å². The molecule has 0 saturated heterocycles. The van der Waals surface area contributed by atoms with E-state index in [9.17, 15) is 9.18 Å². The highest BCUT2D eigenvalue weighted by atomic mass is 35.5. The predicted octanol–water partition coefficient (Wildman–Crippen LogP) is 7.45. The average molecular weight is 603 g/mol. The number of hydrogen-bond donors (Lipinski definition) is 1. The Kier molecular flexibility index (Phi) is 7.67. The van der Waals surface area contributed by atoms with Crippen LogP contribution in [0, 0.1) is 24.5 Å². The third-order valence-corrected chi connectivity index (χ3v) is 8.73. The maximum absolute atomic E-state index is 15.9. The van der Waals surface area contributed by atoms with Crippen molar-refractivity contribution in [3.05, 3.63) is 87.7 Å². The van der Waals surface area contributed by atoms with Crippen molar-refractivity contribution in [1.82, 2.24) is 9.97 Å². The van der Waals surface area contributed by atoms with Crippen molar-refractivity contribution >= 4 is 34.6 Å². The van der Waals surface area contributed by atoms with Crippen molar-refractivity contribution in [3.63, 3.8) is 0 Å².